The first-order valence-electron chi connectivity index (χ1n) is 6.49. The van der Waals surface area contributed by atoms with Crippen LogP contribution in [0.15, 0.2) is 18.6 Å². The molecule has 1 aromatic heterocycles. The van der Waals surface area contributed by atoms with Crippen LogP contribution in [0.5, 0.6) is 0 Å². The molecule has 106 valence electrons. The van der Waals surface area contributed by atoms with E-state index in [4.69, 9.17) is 0 Å². The van der Waals surface area contributed by atoms with E-state index in [0.717, 1.165) is 6.42 Å². The zero-order valence-electron chi connectivity index (χ0n) is 10.8. The average Bonchev–Trinajstić information content (AvgIpc) is 2.39. The summed E-state index contributed by atoms with van der Waals surface area (Å²) in [6, 6.07) is 0. The number of nitrogens with one attached hydrogen (secondary N) is 1. The Morgan fingerprint density at radius 1 is 1.32 bits per heavy atom. The molecule has 1 N–H and O–H groups in total. The van der Waals surface area contributed by atoms with Gasteiger partial charge < -0.3 is 5.32 Å². The Morgan fingerprint density at radius 3 is 2.68 bits per heavy atom. The lowest BCUT2D eigenvalue weighted by molar-refractivity contribution is -0.197. The lowest BCUT2D eigenvalue weighted by atomic mass is 9.72. The molecule has 0 saturated heterocycles. The lowest BCUT2D eigenvalue weighted by Gasteiger charge is -2.36. The molecular formula is C13H18F3N3. The van der Waals surface area contributed by atoms with Gasteiger partial charge in [0.25, 0.3) is 0 Å². The van der Waals surface area contributed by atoms with Crippen LogP contribution in [0.3, 0.4) is 0 Å². The number of rotatable bonds is 3. The maximum Gasteiger partial charge on any atom is 0.392 e. The molecule has 1 aromatic rings. The molecule has 1 saturated carbocycles. The second kappa shape index (κ2) is 5.86. The molecule has 1 heterocycles. The molecule has 3 nitrogen and oxygen atoms in total. The fourth-order valence-electron chi connectivity index (χ4n) is 2.93. The van der Waals surface area contributed by atoms with Crippen LogP contribution < -0.4 is 5.32 Å². The Hall–Kier alpha value is -1.17. The van der Waals surface area contributed by atoms with E-state index in [2.05, 4.69) is 15.3 Å². The van der Waals surface area contributed by atoms with E-state index < -0.39 is 12.1 Å². The average molecular weight is 273 g/mol. The molecule has 0 radical (unpaired) electrons. The van der Waals surface area contributed by atoms with Gasteiger partial charge in [-0.05, 0) is 38.8 Å². The fraction of sp³-hybridized carbons (Fsp3) is 0.692. The van der Waals surface area contributed by atoms with Gasteiger partial charge in [0, 0.05) is 24.5 Å². The number of hydrogen-bond donors (Lipinski definition) is 1. The minimum atomic E-state index is -4.14. The first-order valence-corrected chi connectivity index (χ1v) is 6.49. The predicted octanol–water partition coefficient (Wildman–Crippen LogP) is 2.76. The Balaban J connectivity index is 2.13. The van der Waals surface area contributed by atoms with Gasteiger partial charge in [0.2, 0.25) is 0 Å². The highest BCUT2D eigenvalue weighted by molar-refractivity contribution is 5.06. The number of aromatic nitrogens is 2. The largest absolute Gasteiger partial charge is 0.392 e. The van der Waals surface area contributed by atoms with Gasteiger partial charge in [0.1, 0.15) is 0 Å². The van der Waals surface area contributed by atoms with Crippen molar-refractivity contribution < 1.29 is 13.2 Å². The van der Waals surface area contributed by atoms with Crippen LogP contribution in [-0.4, -0.2) is 29.7 Å². The number of halogens is 3. The highest BCUT2D eigenvalue weighted by atomic mass is 19.4. The van der Waals surface area contributed by atoms with Crippen LogP contribution in [0.25, 0.3) is 0 Å². The molecule has 0 aliphatic heterocycles. The highest BCUT2D eigenvalue weighted by Gasteiger charge is 2.47. The van der Waals surface area contributed by atoms with Gasteiger partial charge in [0.15, 0.2) is 0 Å². The Kier molecular flexibility index (Phi) is 4.39. The monoisotopic (exact) mass is 273 g/mol. The number of nitrogens with zero attached hydrogens (tertiary/aromatic N) is 2. The minimum Gasteiger partial charge on any atom is -0.319 e. The maximum atomic E-state index is 13.1. The van der Waals surface area contributed by atoms with Crippen LogP contribution >= 0.6 is 0 Å². The predicted molar refractivity (Wildman–Crippen MR) is 65.6 cm³/mol. The first-order chi connectivity index (χ1) is 9.02. The van der Waals surface area contributed by atoms with Crippen molar-refractivity contribution in [1.29, 1.82) is 0 Å². The summed E-state index contributed by atoms with van der Waals surface area (Å²) in [5.41, 5.74) is 0.680. The van der Waals surface area contributed by atoms with Gasteiger partial charge in [-0.15, -0.1) is 0 Å². The molecule has 1 fully saturated rings. The summed E-state index contributed by atoms with van der Waals surface area (Å²) in [7, 11) is 1.70. The Bertz CT molecular complexity index is 394. The third-order valence-electron chi connectivity index (χ3n) is 3.88. The van der Waals surface area contributed by atoms with Crippen LogP contribution in [0.4, 0.5) is 13.2 Å². The molecule has 2 rings (SSSR count). The summed E-state index contributed by atoms with van der Waals surface area (Å²) in [6.07, 6.45) is 1.96. The maximum absolute atomic E-state index is 13.1. The molecule has 1 aliphatic carbocycles. The molecule has 0 aromatic carbocycles. The quantitative estimate of drug-likeness (QED) is 0.920. The zero-order valence-corrected chi connectivity index (χ0v) is 10.8. The van der Waals surface area contributed by atoms with E-state index in [1.165, 1.54) is 12.4 Å². The van der Waals surface area contributed by atoms with Crippen LogP contribution in [0.2, 0.25) is 0 Å². The van der Waals surface area contributed by atoms with E-state index in [1.54, 1.807) is 13.2 Å². The normalized spacial score (nSPS) is 28.3. The van der Waals surface area contributed by atoms with Crippen LogP contribution in [0, 0.1) is 11.8 Å². The molecule has 0 bridgehead atoms. The molecule has 3 unspecified atom stereocenters. The molecule has 0 amide bonds. The topological polar surface area (TPSA) is 37.8 Å². The molecule has 19 heavy (non-hydrogen) atoms. The summed E-state index contributed by atoms with van der Waals surface area (Å²) in [6.45, 7) is 0.414. The van der Waals surface area contributed by atoms with Crippen molar-refractivity contribution in [2.75, 3.05) is 13.6 Å². The van der Waals surface area contributed by atoms with E-state index in [1.807, 2.05) is 0 Å². The van der Waals surface area contributed by atoms with E-state index >= 15 is 0 Å². The van der Waals surface area contributed by atoms with Gasteiger partial charge in [-0.25, -0.2) is 0 Å². The smallest absolute Gasteiger partial charge is 0.319 e. The second-order valence-electron chi connectivity index (χ2n) is 5.11. The van der Waals surface area contributed by atoms with Gasteiger partial charge in [-0.1, -0.05) is 0 Å². The minimum absolute atomic E-state index is 0.120. The van der Waals surface area contributed by atoms with Gasteiger partial charge in [-0.2, -0.15) is 13.2 Å². The van der Waals surface area contributed by atoms with Crippen LogP contribution in [0.1, 0.15) is 30.9 Å². The van der Waals surface area contributed by atoms with Crippen molar-refractivity contribution in [3.05, 3.63) is 24.3 Å². The van der Waals surface area contributed by atoms with E-state index in [-0.39, 0.29) is 18.3 Å². The van der Waals surface area contributed by atoms with E-state index in [0.29, 0.717) is 18.7 Å². The van der Waals surface area contributed by atoms with Gasteiger partial charge in [0.05, 0.1) is 11.6 Å². The molecule has 0 spiro atoms. The summed E-state index contributed by atoms with van der Waals surface area (Å²) in [5, 5.41) is 2.87. The number of hydrogen-bond acceptors (Lipinski definition) is 3. The summed E-state index contributed by atoms with van der Waals surface area (Å²) in [5.74, 6) is -1.72. The summed E-state index contributed by atoms with van der Waals surface area (Å²) >= 11 is 0. The molecular weight excluding hydrogens is 255 g/mol. The van der Waals surface area contributed by atoms with Crippen molar-refractivity contribution in [3.8, 4) is 0 Å². The SMILES string of the molecule is CNCC1CCC(c2cnccn2)CC1C(F)(F)F. The standard InChI is InChI=1S/C13H18F3N3/c1-17-7-10-3-2-9(6-11(10)13(14,15)16)12-8-18-4-5-19-12/h4-5,8-11,17H,2-3,6-7H2,1H3. The number of alkyl halides is 3. The molecule has 1 aliphatic rings. The van der Waals surface area contributed by atoms with Crippen molar-refractivity contribution in [2.45, 2.75) is 31.4 Å². The van der Waals surface area contributed by atoms with Crippen molar-refractivity contribution in [1.82, 2.24) is 15.3 Å². The van der Waals surface area contributed by atoms with Crippen LogP contribution in [-0.2, 0) is 0 Å². The molecule has 3 atom stereocenters. The van der Waals surface area contributed by atoms with Crippen molar-refractivity contribution in [2.24, 2.45) is 11.8 Å². The second-order valence-corrected chi connectivity index (χ2v) is 5.11. The first kappa shape index (κ1) is 14.2. The lowest BCUT2D eigenvalue weighted by Crippen LogP contribution is -2.39. The van der Waals surface area contributed by atoms with Gasteiger partial charge in [-0.3, -0.25) is 9.97 Å². The van der Waals surface area contributed by atoms with Crippen molar-refractivity contribution >= 4 is 0 Å². The fourth-order valence-corrected chi connectivity index (χ4v) is 2.93. The zero-order chi connectivity index (χ0) is 13.9. The Labute approximate surface area is 110 Å². The summed E-state index contributed by atoms with van der Waals surface area (Å²) in [4.78, 5) is 8.09. The van der Waals surface area contributed by atoms with Gasteiger partial charge >= 0.3 is 6.18 Å². The molecule has 6 heteroatoms. The van der Waals surface area contributed by atoms with E-state index in [9.17, 15) is 13.2 Å². The van der Waals surface area contributed by atoms with Crippen molar-refractivity contribution in [3.63, 3.8) is 0 Å². The third-order valence-corrected chi connectivity index (χ3v) is 3.88. The third kappa shape index (κ3) is 3.43. The highest BCUT2D eigenvalue weighted by Crippen LogP contribution is 2.46. The summed E-state index contributed by atoms with van der Waals surface area (Å²) < 4.78 is 39.4. The Morgan fingerprint density at radius 2 is 2.11 bits per heavy atom.